The SMILES string of the molecule is CC(=NOCc1ccc2ccccc2c1)c1ccc(OCC(=O)NCC2=CCOCC2)nc1. The first-order valence-electron chi connectivity index (χ1n) is 10.9. The number of ether oxygens (including phenoxy) is 2. The number of benzene rings is 2. The predicted octanol–water partition coefficient (Wildman–Crippen LogP) is 4.02. The molecule has 0 bridgehead atoms. The zero-order valence-electron chi connectivity index (χ0n) is 18.6. The minimum Gasteiger partial charge on any atom is -0.468 e. The summed E-state index contributed by atoms with van der Waals surface area (Å²) >= 11 is 0. The molecule has 0 aliphatic carbocycles. The van der Waals surface area contributed by atoms with Crippen LogP contribution in [0, 0.1) is 0 Å². The second-order valence-electron chi connectivity index (χ2n) is 7.77. The largest absolute Gasteiger partial charge is 0.468 e. The molecule has 7 nitrogen and oxygen atoms in total. The van der Waals surface area contributed by atoms with Crippen molar-refractivity contribution in [2.24, 2.45) is 5.16 Å². The van der Waals surface area contributed by atoms with Gasteiger partial charge < -0.3 is 19.6 Å². The third-order valence-corrected chi connectivity index (χ3v) is 5.32. The summed E-state index contributed by atoms with van der Waals surface area (Å²) in [5.41, 5.74) is 3.75. The molecule has 0 spiro atoms. The van der Waals surface area contributed by atoms with Crippen LogP contribution in [0.1, 0.15) is 24.5 Å². The summed E-state index contributed by atoms with van der Waals surface area (Å²) in [7, 11) is 0. The number of hydrogen-bond donors (Lipinski definition) is 1. The highest BCUT2D eigenvalue weighted by molar-refractivity contribution is 5.98. The second-order valence-corrected chi connectivity index (χ2v) is 7.77. The van der Waals surface area contributed by atoms with E-state index in [9.17, 15) is 4.79 Å². The van der Waals surface area contributed by atoms with E-state index < -0.39 is 0 Å². The molecule has 2 aromatic carbocycles. The summed E-state index contributed by atoms with van der Waals surface area (Å²) in [5.74, 6) is 0.192. The van der Waals surface area contributed by atoms with Crippen molar-refractivity contribution in [1.29, 1.82) is 0 Å². The average Bonchev–Trinajstić information content (AvgIpc) is 2.87. The molecule has 3 aromatic rings. The van der Waals surface area contributed by atoms with E-state index in [4.69, 9.17) is 14.3 Å². The van der Waals surface area contributed by atoms with Gasteiger partial charge in [0.25, 0.3) is 5.91 Å². The molecule has 1 aliphatic rings. The molecule has 1 N–H and O–H groups in total. The molecule has 0 radical (unpaired) electrons. The molecule has 4 rings (SSSR count). The van der Waals surface area contributed by atoms with Crippen molar-refractivity contribution in [3.05, 3.63) is 83.6 Å². The number of hydrogen-bond acceptors (Lipinski definition) is 6. The van der Waals surface area contributed by atoms with E-state index in [-0.39, 0.29) is 12.5 Å². The highest BCUT2D eigenvalue weighted by atomic mass is 16.6. The van der Waals surface area contributed by atoms with Crippen LogP contribution in [0.5, 0.6) is 5.88 Å². The number of fused-ring (bicyclic) bond motifs is 1. The van der Waals surface area contributed by atoms with Crippen molar-refractivity contribution in [3.8, 4) is 5.88 Å². The van der Waals surface area contributed by atoms with Crippen LogP contribution >= 0.6 is 0 Å². The van der Waals surface area contributed by atoms with Crippen LogP contribution in [0.15, 0.2) is 77.6 Å². The molecule has 7 heteroatoms. The lowest BCUT2D eigenvalue weighted by molar-refractivity contribution is -0.123. The number of amides is 1. The minimum absolute atomic E-state index is 0.0853. The average molecular weight is 446 g/mol. The molecule has 33 heavy (non-hydrogen) atoms. The summed E-state index contributed by atoms with van der Waals surface area (Å²) in [4.78, 5) is 21.8. The first kappa shape index (κ1) is 22.5. The minimum atomic E-state index is -0.187. The summed E-state index contributed by atoms with van der Waals surface area (Å²) in [6.45, 7) is 3.98. The van der Waals surface area contributed by atoms with Crippen LogP contribution in [-0.2, 0) is 21.0 Å². The van der Waals surface area contributed by atoms with Crippen LogP contribution in [0.3, 0.4) is 0 Å². The Kier molecular flexibility index (Phi) is 7.66. The summed E-state index contributed by atoms with van der Waals surface area (Å²) < 4.78 is 10.7. The van der Waals surface area contributed by atoms with Gasteiger partial charge in [-0.25, -0.2) is 4.98 Å². The van der Waals surface area contributed by atoms with Crippen LogP contribution < -0.4 is 10.1 Å². The summed E-state index contributed by atoms with van der Waals surface area (Å²) in [5, 5.41) is 9.42. The van der Waals surface area contributed by atoms with E-state index >= 15 is 0 Å². The van der Waals surface area contributed by atoms with Crippen molar-refractivity contribution in [3.63, 3.8) is 0 Å². The molecule has 0 atom stereocenters. The Labute approximate surface area is 193 Å². The van der Waals surface area contributed by atoms with Gasteiger partial charge in [-0.3, -0.25) is 4.79 Å². The van der Waals surface area contributed by atoms with Crippen molar-refractivity contribution < 1.29 is 19.1 Å². The van der Waals surface area contributed by atoms with Gasteiger partial charge in [0.1, 0.15) is 6.61 Å². The fourth-order valence-corrected chi connectivity index (χ4v) is 3.39. The highest BCUT2D eigenvalue weighted by Crippen LogP contribution is 2.16. The topological polar surface area (TPSA) is 82.0 Å². The van der Waals surface area contributed by atoms with Gasteiger partial charge in [-0.05, 0) is 41.8 Å². The zero-order chi connectivity index (χ0) is 22.9. The predicted molar refractivity (Wildman–Crippen MR) is 127 cm³/mol. The Morgan fingerprint density at radius 2 is 2.03 bits per heavy atom. The molecule has 1 aromatic heterocycles. The maximum atomic E-state index is 12.0. The third-order valence-electron chi connectivity index (χ3n) is 5.32. The van der Waals surface area contributed by atoms with E-state index in [1.165, 1.54) is 16.3 Å². The van der Waals surface area contributed by atoms with Crippen molar-refractivity contribution in [2.75, 3.05) is 26.4 Å². The monoisotopic (exact) mass is 445 g/mol. The molecule has 2 heterocycles. The first-order valence-corrected chi connectivity index (χ1v) is 10.9. The fourth-order valence-electron chi connectivity index (χ4n) is 3.39. The number of nitrogens with one attached hydrogen (secondary N) is 1. The van der Waals surface area contributed by atoms with Crippen molar-refractivity contribution >= 4 is 22.4 Å². The number of rotatable bonds is 9. The van der Waals surface area contributed by atoms with Crippen LogP contribution in [-0.4, -0.2) is 43.0 Å². The van der Waals surface area contributed by atoms with Crippen LogP contribution in [0.4, 0.5) is 0 Å². The van der Waals surface area contributed by atoms with Crippen molar-refractivity contribution in [2.45, 2.75) is 20.0 Å². The van der Waals surface area contributed by atoms with E-state index in [0.29, 0.717) is 38.0 Å². The fraction of sp³-hybridized carbons (Fsp3) is 0.269. The number of nitrogens with zero attached hydrogens (tertiary/aromatic N) is 2. The molecular formula is C26H27N3O4. The van der Waals surface area contributed by atoms with Crippen molar-refractivity contribution in [1.82, 2.24) is 10.3 Å². The second kappa shape index (κ2) is 11.2. The maximum Gasteiger partial charge on any atom is 0.258 e. The number of pyridine rings is 1. The van der Waals surface area contributed by atoms with Gasteiger partial charge in [-0.1, -0.05) is 53.2 Å². The molecule has 170 valence electrons. The quantitative estimate of drug-likeness (QED) is 0.306. The molecule has 0 saturated carbocycles. The van der Waals surface area contributed by atoms with Crippen LogP contribution in [0.25, 0.3) is 10.8 Å². The van der Waals surface area contributed by atoms with E-state index in [1.807, 2.05) is 37.3 Å². The molecule has 0 unspecified atom stereocenters. The van der Waals surface area contributed by atoms with Gasteiger partial charge in [0.2, 0.25) is 5.88 Å². The zero-order valence-corrected chi connectivity index (χ0v) is 18.6. The normalized spacial score (nSPS) is 14.0. The van der Waals surface area contributed by atoms with Gasteiger partial charge >= 0.3 is 0 Å². The molecular weight excluding hydrogens is 418 g/mol. The first-order chi connectivity index (χ1) is 16.2. The Balaban J connectivity index is 1.23. The highest BCUT2D eigenvalue weighted by Gasteiger charge is 2.08. The lowest BCUT2D eigenvalue weighted by atomic mass is 10.1. The van der Waals surface area contributed by atoms with Gasteiger partial charge in [-0.15, -0.1) is 0 Å². The standard InChI is InChI=1S/C26H27N3O4/c1-19(29-33-17-21-6-7-22-4-2-3-5-23(22)14-21)24-8-9-26(28-16-24)32-18-25(30)27-15-20-10-12-31-13-11-20/h2-10,14,16H,11-13,15,17-18H2,1H3,(H,27,30). The molecule has 0 saturated heterocycles. The van der Waals surface area contributed by atoms with E-state index in [1.54, 1.807) is 12.3 Å². The summed E-state index contributed by atoms with van der Waals surface area (Å²) in [6, 6.07) is 18.0. The van der Waals surface area contributed by atoms with Gasteiger partial charge in [0.05, 0.1) is 18.9 Å². The maximum absolute atomic E-state index is 12.0. The Hall–Kier alpha value is -3.71. The number of carbonyl (C=O) groups excluding carboxylic acids is 1. The summed E-state index contributed by atoms with van der Waals surface area (Å²) in [6.07, 6.45) is 4.50. The Morgan fingerprint density at radius 1 is 1.15 bits per heavy atom. The lowest BCUT2D eigenvalue weighted by Gasteiger charge is -2.14. The smallest absolute Gasteiger partial charge is 0.258 e. The Bertz CT molecular complexity index is 1160. The van der Waals surface area contributed by atoms with Gasteiger partial charge in [0, 0.05) is 24.4 Å². The number of oxime groups is 1. The van der Waals surface area contributed by atoms with Crippen LogP contribution in [0.2, 0.25) is 0 Å². The number of aromatic nitrogens is 1. The third kappa shape index (κ3) is 6.63. The Morgan fingerprint density at radius 3 is 2.82 bits per heavy atom. The molecule has 1 aliphatic heterocycles. The van der Waals surface area contributed by atoms with Gasteiger partial charge in [0.15, 0.2) is 6.61 Å². The van der Waals surface area contributed by atoms with E-state index in [0.717, 1.165) is 17.5 Å². The van der Waals surface area contributed by atoms with Gasteiger partial charge in [-0.2, -0.15) is 0 Å². The number of carbonyl (C=O) groups is 1. The lowest BCUT2D eigenvalue weighted by Crippen LogP contribution is -2.31. The molecule has 0 fully saturated rings. The molecule has 1 amide bonds. The van der Waals surface area contributed by atoms with E-state index in [2.05, 4.69) is 39.7 Å².